The van der Waals surface area contributed by atoms with Gasteiger partial charge in [-0.05, 0) is 38.5 Å². The topological polar surface area (TPSA) is 42.2 Å². The molecule has 1 atom stereocenters. The van der Waals surface area contributed by atoms with Crippen LogP contribution >= 0.6 is 11.3 Å². The molecule has 18 heavy (non-hydrogen) atoms. The van der Waals surface area contributed by atoms with Crippen molar-refractivity contribution in [3.8, 4) is 0 Å². The van der Waals surface area contributed by atoms with Crippen molar-refractivity contribution >= 4 is 16.5 Å². The van der Waals surface area contributed by atoms with Crippen LogP contribution in [0.2, 0.25) is 0 Å². The highest BCUT2D eigenvalue weighted by Crippen LogP contribution is 2.32. The predicted molar refractivity (Wildman–Crippen MR) is 79.2 cm³/mol. The lowest BCUT2D eigenvalue weighted by molar-refractivity contribution is 0.313. The molecule has 1 saturated carbocycles. The van der Waals surface area contributed by atoms with Gasteiger partial charge < -0.3 is 10.6 Å². The highest BCUT2D eigenvalue weighted by Gasteiger charge is 2.24. The molecule has 1 aromatic rings. The molecule has 4 heteroatoms. The molecular formula is C14H25N3S. The van der Waals surface area contributed by atoms with Gasteiger partial charge in [-0.3, -0.25) is 0 Å². The summed E-state index contributed by atoms with van der Waals surface area (Å²) >= 11 is 1.72. The molecule has 0 aromatic carbocycles. The lowest BCUT2D eigenvalue weighted by Gasteiger charge is -2.34. The van der Waals surface area contributed by atoms with Gasteiger partial charge >= 0.3 is 0 Å². The van der Waals surface area contributed by atoms with Crippen LogP contribution in [0.5, 0.6) is 0 Å². The fourth-order valence-corrected chi connectivity index (χ4v) is 3.71. The molecule has 3 nitrogen and oxygen atoms in total. The molecule has 1 heterocycles. The van der Waals surface area contributed by atoms with Gasteiger partial charge in [0.25, 0.3) is 0 Å². The summed E-state index contributed by atoms with van der Waals surface area (Å²) in [5.41, 5.74) is 6.89. The summed E-state index contributed by atoms with van der Waals surface area (Å²) in [6, 6.07) is 0.708. The van der Waals surface area contributed by atoms with Crippen LogP contribution in [0, 0.1) is 5.92 Å². The van der Waals surface area contributed by atoms with E-state index >= 15 is 0 Å². The largest absolute Gasteiger partial charge is 0.348 e. The molecule has 1 fully saturated rings. The van der Waals surface area contributed by atoms with Crippen molar-refractivity contribution in [3.63, 3.8) is 0 Å². The first-order valence-electron chi connectivity index (χ1n) is 7.05. The Hall–Kier alpha value is -0.610. The second-order valence-electron chi connectivity index (χ2n) is 5.54. The van der Waals surface area contributed by atoms with Crippen molar-refractivity contribution in [2.75, 3.05) is 11.9 Å². The number of nitrogens with zero attached hydrogens (tertiary/aromatic N) is 2. The van der Waals surface area contributed by atoms with E-state index in [2.05, 4.69) is 29.2 Å². The molecule has 2 N–H and O–H groups in total. The van der Waals surface area contributed by atoms with Gasteiger partial charge in [0, 0.05) is 24.5 Å². The van der Waals surface area contributed by atoms with Crippen LogP contribution in [0.15, 0.2) is 5.38 Å². The van der Waals surface area contributed by atoms with E-state index in [1.54, 1.807) is 11.3 Å². The van der Waals surface area contributed by atoms with E-state index in [9.17, 15) is 0 Å². The third-order valence-electron chi connectivity index (χ3n) is 4.22. The van der Waals surface area contributed by atoms with Crippen LogP contribution in [-0.2, 0) is 0 Å². The average Bonchev–Trinajstić information content (AvgIpc) is 2.88. The van der Waals surface area contributed by atoms with Crippen molar-refractivity contribution in [3.05, 3.63) is 11.1 Å². The average molecular weight is 267 g/mol. The fourth-order valence-electron chi connectivity index (χ4n) is 2.74. The van der Waals surface area contributed by atoms with Gasteiger partial charge in [-0.25, -0.2) is 4.98 Å². The summed E-state index contributed by atoms with van der Waals surface area (Å²) < 4.78 is 0. The molecule has 1 unspecified atom stereocenters. The van der Waals surface area contributed by atoms with Crippen LogP contribution in [0.3, 0.4) is 0 Å². The molecule has 2 rings (SSSR count). The van der Waals surface area contributed by atoms with Gasteiger partial charge in [-0.15, -0.1) is 11.3 Å². The van der Waals surface area contributed by atoms with Gasteiger partial charge in [-0.2, -0.15) is 0 Å². The van der Waals surface area contributed by atoms with Crippen LogP contribution in [0.1, 0.15) is 57.7 Å². The maximum Gasteiger partial charge on any atom is 0.185 e. The van der Waals surface area contributed by atoms with E-state index in [4.69, 9.17) is 5.73 Å². The lowest BCUT2D eigenvalue weighted by Crippen LogP contribution is -2.35. The van der Waals surface area contributed by atoms with E-state index < -0.39 is 0 Å². The van der Waals surface area contributed by atoms with Crippen molar-refractivity contribution in [2.24, 2.45) is 11.7 Å². The Morgan fingerprint density at radius 1 is 1.44 bits per heavy atom. The van der Waals surface area contributed by atoms with E-state index in [1.165, 1.54) is 32.1 Å². The van der Waals surface area contributed by atoms with Gasteiger partial charge in [0.2, 0.25) is 0 Å². The molecule has 0 amide bonds. The summed E-state index contributed by atoms with van der Waals surface area (Å²) in [5, 5.41) is 3.22. The SMILES string of the molecule is CCC1CCC(N(C)c2nc(C(C)N)cs2)CC1. The van der Waals surface area contributed by atoms with Gasteiger partial charge in [0.1, 0.15) is 0 Å². The van der Waals surface area contributed by atoms with Crippen LogP contribution in [0.25, 0.3) is 0 Å². The minimum atomic E-state index is 0.0410. The molecular weight excluding hydrogens is 242 g/mol. The molecule has 1 aliphatic carbocycles. The molecule has 102 valence electrons. The standard InChI is InChI=1S/C14H25N3S/c1-4-11-5-7-12(8-6-11)17(3)14-16-13(9-18-14)10(2)15/h9-12H,4-8,15H2,1-3H3. The van der Waals surface area contributed by atoms with Crippen molar-refractivity contribution in [1.82, 2.24) is 4.98 Å². The molecule has 1 aromatic heterocycles. The third kappa shape index (κ3) is 3.04. The van der Waals surface area contributed by atoms with Gasteiger partial charge in [-0.1, -0.05) is 13.3 Å². The van der Waals surface area contributed by atoms with E-state index in [0.717, 1.165) is 16.7 Å². The Balaban J connectivity index is 1.96. The number of rotatable bonds is 4. The first-order chi connectivity index (χ1) is 8.61. The molecule has 0 bridgehead atoms. The Labute approximate surface area is 114 Å². The Kier molecular flexibility index (Phi) is 4.62. The zero-order valence-electron chi connectivity index (χ0n) is 11.7. The van der Waals surface area contributed by atoms with Crippen LogP contribution < -0.4 is 10.6 Å². The summed E-state index contributed by atoms with van der Waals surface area (Å²) in [6.45, 7) is 4.30. The summed E-state index contributed by atoms with van der Waals surface area (Å²) in [6.07, 6.45) is 6.70. The highest BCUT2D eigenvalue weighted by atomic mass is 32.1. The minimum Gasteiger partial charge on any atom is -0.348 e. The Morgan fingerprint density at radius 2 is 2.11 bits per heavy atom. The number of aromatic nitrogens is 1. The van der Waals surface area contributed by atoms with Crippen LogP contribution in [0.4, 0.5) is 5.13 Å². The first kappa shape index (κ1) is 13.8. The zero-order chi connectivity index (χ0) is 13.1. The normalized spacial score (nSPS) is 26.0. The maximum atomic E-state index is 5.87. The van der Waals surface area contributed by atoms with E-state index in [-0.39, 0.29) is 6.04 Å². The fraction of sp³-hybridized carbons (Fsp3) is 0.786. The van der Waals surface area contributed by atoms with Crippen molar-refractivity contribution in [2.45, 2.75) is 58.0 Å². The summed E-state index contributed by atoms with van der Waals surface area (Å²) in [7, 11) is 2.18. The molecule has 0 saturated heterocycles. The Morgan fingerprint density at radius 3 is 2.61 bits per heavy atom. The number of nitrogens with two attached hydrogens (primary N) is 1. The monoisotopic (exact) mass is 267 g/mol. The molecule has 0 spiro atoms. The maximum absolute atomic E-state index is 5.87. The summed E-state index contributed by atoms with van der Waals surface area (Å²) in [5.74, 6) is 0.950. The zero-order valence-corrected chi connectivity index (χ0v) is 12.5. The molecule has 1 aliphatic rings. The first-order valence-corrected chi connectivity index (χ1v) is 7.93. The highest BCUT2D eigenvalue weighted by molar-refractivity contribution is 7.13. The number of thiazole rings is 1. The quantitative estimate of drug-likeness (QED) is 0.907. The number of hydrogen-bond donors (Lipinski definition) is 1. The van der Waals surface area contributed by atoms with Crippen molar-refractivity contribution in [1.29, 1.82) is 0 Å². The third-order valence-corrected chi connectivity index (χ3v) is 5.17. The minimum absolute atomic E-state index is 0.0410. The van der Waals surface area contributed by atoms with E-state index in [1.807, 2.05) is 6.92 Å². The van der Waals surface area contributed by atoms with Gasteiger partial charge in [0.15, 0.2) is 5.13 Å². The lowest BCUT2D eigenvalue weighted by atomic mass is 9.84. The Bertz CT molecular complexity index is 367. The van der Waals surface area contributed by atoms with Crippen molar-refractivity contribution < 1.29 is 0 Å². The molecule has 0 aliphatic heterocycles. The summed E-state index contributed by atoms with van der Waals surface area (Å²) in [4.78, 5) is 7.01. The number of anilines is 1. The molecule has 0 radical (unpaired) electrons. The second kappa shape index (κ2) is 6.02. The predicted octanol–water partition coefficient (Wildman–Crippen LogP) is 3.57. The van der Waals surface area contributed by atoms with E-state index in [0.29, 0.717) is 6.04 Å². The van der Waals surface area contributed by atoms with Gasteiger partial charge in [0.05, 0.1) is 5.69 Å². The second-order valence-corrected chi connectivity index (χ2v) is 6.37. The number of hydrogen-bond acceptors (Lipinski definition) is 4. The smallest absolute Gasteiger partial charge is 0.185 e. The van der Waals surface area contributed by atoms with Crippen LogP contribution in [-0.4, -0.2) is 18.1 Å².